The number of aromatic nitrogens is 3. The van der Waals surface area contributed by atoms with Crippen LogP contribution in [0.3, 0.4) is 0 Å². The quantitative estimate of drug-likeness (QED) is 0.886. The number of para-hydroxylation sites is 1. The van der Waals surface area contributed by atoms with Gasteiger partial charge in [0.25, 0.3) is 5.91 Å². The largest absolute Gasteiger partial charge is 0.480 e. The van der Waals surface area contributed by atoms with Crippen LogP contribution in [0.1, 0.15) is 16.9 Å². The van der Waals surface area contributed by atoms with Crippen molar-refractivity contribution < 1.29 is 19.4 Å². The first-order valence-electron chi connectivity index (χ1n) is 7.14. The molecule has 1 aromatic carbocycles. The van der Waals surface area contributed by atoms with E-state index in [0.29, 0.717) is 0 Å². The average Bonchev–Trinajstić information content (AvgIpc) is 3.22. The molecule has 0 bridgehead atoms. The molecule has 0 radical (unpaired) electrons. The predicted octanol–water partition coefficient (Wildman–Crippen LogP) is 0.581. The second-order valence-electron chi connectivity index (χ2n) is 5.26. The first-order chi connectivity index (χ1) is 11.1. The van der Waals surface area contributed by atoms with Gasteiger partial charge in [-0.3, -0.25) is 4.79 Å². The maximum Gasteiger partial charge on any atom is 0.326 e. The lowest BCUT2D eigenvalue weighted by atomic mass is 10.2. The van der Waals surface area contributed by atoms with Crippen LogP contribution < -0.4 is 0 Å². The molecule has 2 aromatic rings. The van der Waals surface area contributed by atoms with Crippen molar-refractivity contribution in [2.45, 2.75) is 18.6 Å². The summed E-state index contributed by atoms with van der Waals surface area (Å²) in [4.78, 5) is 26.5. The number of carbonyl (C=O) groups excluding carboxylic acids is 1. The molecule has 23 heavy (non-hydrogen) atoms. The van der Waals surface area contributed by atoms with Crippen LogP contribution in [0.2, 0.25) is 0 Å². The number of aliphatic carboxylic acids is 1. The van der Waals surface area contributed by atoms with Gasteiger partial charge < -0.3 is 14.7 Å². The van der Waals surface area contributed by atoms with Crippen LogP contribution in [0.25, 0.3) is 5.69 Å². The highest BCUT2D eigenvalue weighted by molar-refractivity contribution is 5.95. The highest BCUT2D eigenvalue weighted by atomic mass is 16.5. The topological polar surface area (TPSA) is 97.5 Å². The Morgan fingerprint density at radius 1 is 1.30 bits per heavy atom. The number of amides is 1. The number of rotatable bonds is 4. The molecule has 3 rings (SSSR count). The fraction of sp³-hybridized carbons (Fsp3) is 0.333. The summed E-state index contributed by atoms with van der Waals surface area (Å²) in [5, 5.41) is 17.5. The van der Waals surface area contributed by atoms with Crippen molar-refractivity contribution >= 4 is 11.9 Å². The zero-order valence-corrected chi connectivity index (χ0v) is 12.5. The summed E-state index contributed by atoms with van der Waals surface area (Å²) in [5.74, 6) is -1.51. The fourth-order valence-corrected chi connectivity index (χ4v) is 2.62. The highest BCUT2D eigenvalue weighted by Crippen LogP contribution is 2.22. The SMILES string of the molecule is COC1CC(C(=O)O)N(C(=O)c2cnn(-c3ccccc3)n2)C1. The maximum absolute atomic E-state index is 12.6. The number of methoxy groups -OCH3 is 1. The molecule has 1 aromatic heterocycles. The minimum absolute atomic E-state index is 0.108. The predicted molar refractivity (Wildman–Crippen MR) is 79.2 cm³/mol. The Morgan fingerprint density at radius 2 is 2.04 bits per heavy atom. The van der Waals surface area contributed by atoms with Gasteiger partial charge in [-0.1, -0.05) is 18.2 Å². The van der Waals surface area contributed by atoms with E-state index in [0.717, 1.165) is 5.69 Å². The number of hydrogen-bond donors (Lipinski definition) is 1. The van der Waals surface area contributed by atoms with E-state index in [4.69, 9.17) is 4.74 Å². The van der Waals surface area contributed by atoms with Crippen molar-refractivity contribution in [1.82, 2.24) is 19.9 Å². The molecule has 120 valence electrons. The standard InChI is InChI=1S/C15H16N4O4/c1-23-11-7-13(15(21)22)18(9-11)14(20)12-8-16-19(17-12)10-5-3-2-4-6-10/h2-6,8,11,13H,7,9H2,1H3,(H,21,22). The Kier molecular flexibility index (Phi) is 4.07. The molecular weight excluding hydrogens is 300 g/mol. The molecule has 1 saturated heterocycles. The molecule has 8 heteroatoms. The number of likely N-dealkylation sites (tertiary alicyclic amines) is 1. The Labute approximate surface area is 132 Å². The van der Waals surface area contributed by atoms with Crippen molar-refractivity contribution in [3.8, 4) is 5.69 Å². The molecule has 1 amide bonds. The first-order valence-corrected chi connectivity index (χ1v) is 7.14. The summed E-state index contributed by atoms with van der Waals surface area (Å²) in [5.41, 5.74) is 0.828. The van der Waals surface area contributed by atoms with E-state index in [1.54, 1.807) is 0 Å². The van der Waals surface area contributed by atoms with Gasteiger partial charge in [-0.25, -0.2) is 4.79 Å². The van der Waals surface area contributed by atoms with Crippen LogP contribution in [0.4, 0.5) is 0 Å². The Morgan fingerprint density at radius 3 is 2.70 bits per heavy atom. The van der Waals surface area contributed by atoms with Gasteiger partial charge in [-0.2, -0.15) is 9.90 Å². The van der Waals surface area contributed by atoms with Crippen LogP contribution in [0.15, 0.2) is 36.5 Å². The van der Waals surface area contributed by atoms with Crippen molar-refractivity contribution in [3.63, 3.8) is 0 Å². The van der Waals surface area contributed by atoms with Crippen LogP contribution in [-0.2, 0) is 9.53 Å². The van der Waals surface area contributed by atoms with E-state index >= 15 is 0 Å². The first kappa shape index (κ1) is 15.2. The summed E-state index contributed by atoms with van der Waals surface area (Å²) in [7, 11) is 1.50. The van der Waals surface area contributed by atoms with Crippen molar-refractivity contribution in [2.75, 3.05) is 13.7 Å². The molecule has 0 aliphatic carbocycles. The zero-order chi connectivity index (χ0) is 16.4. The summed E-state index contributed by atoms with van der Waals surface area (Å²) in [6.07, 6.45) is 1.32. The van der Waals surface area contributed by atoms with Gasteiger partial charge in [-0.15, -0.1) is 5.10 Å². The van der Waals surface area contributed by atoms with E-state index in [1.807, 2.05) is 30.3 Å². The monoisotopic (exact) mass is 316 g/mol. The lowest BCUT2D eigenvalue weighted by Gasteiger charge is -2.19. The number of hydrogen-bond acceptors (Lipinski definition) is 5. The Bertz CT molecular complexity index is 715. The summed E-state index contributed by atoms with van der Waals surface area (Å²) in [6.45, 7) is 0.227. The number of carbonyl (C=O) groups is 2. The zero-order valence-electron chi connectivity index (χ0n) is 12.5. The molecule has 1 aliphatic heterocycles. The number of carboxylic acid groups (broad SMARTS) is 1. The smallest absolute Gasteiger partial charge is 0.326 e. The Hall–Kier alpha value is -2.74. The lowest BCUT2D eigenvalue weighted by Crippen LogP contribution is -2.40. The molecule has 8 nitrogen and oxygen atoms in total. The second-order valence-corrected chi connectivity index (χ2v) is 5.26. The Balaban J connectivity index is 1.83. The molecule has 1 N–H and O–H groups in total. The van der Waals surface area contributed by atoms with E-state index in [2.05, 4.69) is 10.2 Å². The van der Waals surface area contributed by atoms with Crippen LogP contribution in [0.5, 0.6) is 0 Å². The third-order valence-corrected chi connectivity index (χ3v) is 3.84. The van der Waals surface area contributed by atoms with E-state index in [9.17, 15) is 14.7 Å². The minimum Gasteiger partial charge on any atom is -0.480 e. The van der Waals surface area contributed by atoms with Gasteiger partial charge in [0.15, 0.2) is 5.69 Å². The van der Waals surface area contributed by atoms with Gasteiger partial charge >= 0.3 is 5.97 Å². The van der Waals surface area contributed by atoms with E-state index in [1.165, 1.54) is 23.0 Å². The van der Waals surface area contributed by atoms with Crippen LogP contribution >= 0.6 is 0 Å². The van der Waals surface area contributed by atoms with Crippen molar-refractivity contribution in [2.24, 2.45) is 0 Å². The second kappa shape index (κ2) is 6.17. The third-order valence-electron chi connectivity index (χ3n) is 3.84. The van der Waals surface area contributed by atoms with Crippen LogP contribution in [-0.4, -0.2) is 62.7 Å². The summed E-state index contributed by atoms with van der Waals surface area (Å²) in [6, 6.07) is 8.26. The molecule has 1 fully saturated rings. The third kappa shape index (κ3) is 2.93. The van der Waals surface area contributed by atoms with Crippen LogP contribution in [0, 0.1) is 0 Å². The molecule has 2 unspecified atom stereocenters. The number of benzene rings is 1. The number of ether oxygens (including phenoxy) is 1. The lowest BCUT2D eigenvalue weighted by molar-refractivity contribution is -0.141. The van der Waals surface area contributed by atoms with Gasteiger partial charge in [0.05, 0.1) is 18.0 Å². The summed E-state index contributed by atoms with van der Waals surface area (Å²) >= 11 is 0. The minimum atomic E-state index is -1.05. The van der Waals surface area contributed by atoms with Crippen molar-refractivity contribution in [1.29, 1.82) is 0 Å². The highest BCUT2D eigenvalue weighted by Gasteiger charge is 2.40. The summed E-state index contributed by atoms with van der Waals surface area (Å²) < 4.78 is 5.18. The number of nitrogens with zero attached hydrogens (tertiary/aromatic N) is 4. The number of carboxylic acids is 1. The van der Waals surface area contributed by atoms with E-state index in [-0.39, 0.29) is 24.8 Å². The normalized spacial score (nSPS) is 20.7. The maximum atomic E-state index is 12.6. The van der Waals surface area contributed by atoms with Gasteiger partial charge in [0, 0.05) is 20.1 Å². The van der Waals surface area contributed by atoms with Gasteiger partial charge in [-0.05, 0) is 12.1 Å². The molecular formula is C15H16N4O4. The molecule has 0 saturated carbocycles. The molecule has 2 atom stereocenters. The van der Waals surface area contributed by atoms with Gasteiger partial charge in [0.1, 0.15) is 6.04 Å². The molecule has 1 aliphatic rings. The molecule has 0 spiro atoms. The fourth-order valence-electron chi connectivity index (χ4n) is 2.62. The molecule has 2 heterocycles. The van der Waals surface area contributed by atoms with Crippen molar-refractivity contribution in [3.05, 3.63) is 42.2 Å². The average molecular weight is 316 g/mol. The van der Waals surface area contributed by atoms with Gasteiger partial charge in [0.2, 0.25) is 0 Å². The van der Waals surface area contributed by atoms with E-state index < -0.39 is 17.9 Å².